The lowest BCUT2D eigenvalue weighted by molar-refractivity contribution is -0.124. The standard InChI is InChI=1S/C21H21ClN2O3S/c22-19-7-3-1-5-15(19)17(18-11-23-20-8-4-2-6-16(18)20)12-24-21(25)14-9-10-28(26,27)13-14/h1-8,11,14,17,23H,9-10,12-13H2,(H,24,25)/t14-,17+/m1/s1. The second kappa shape index (κ2) is 7.60. The number of H-pyrrole nitrogens is 1. The van der Waals surface area contributed by atoms with Gasteiger partial charge in [0.15, 0.2) is 9.84 Å². The normalized spacial score (nSPS) is 19.5. The van der Waals surface area contributed by atoms with E-state index in [1.54, 1.807) is 0 Å². The summed E-state index contributed by atoms with van der Waals surface area (Å²) in [4.78, 5) is 15.8. The number of sulfone groups is 1. The van der Waals surface area contributed by atoms with Gasteiger partial charge in [-0.15, -0.1) is 0 Å². The number of halogens is 1. The van der Waals surface area contributed by atoms with Crippen LogP contribution in [0.5, 0.6) is 0 Å². The van der Waals surface area contributed by atoms with E-state index in [2.05, 4.69) is 10.3 Å². The van der Waals surface area contributed by atoms with E-state index in [0.29, 0.717) is 18.0 Å². The molecular weight excluding hydrogens is 396 g/mol. The molecular formula is C21H21ClN2O3S. The molecule has 2 heterocycles. The summed E-state index contributed by atoms with van der Waals surface area (Å²) >= 11 is 6.46. The summed E-state index contributed by atoms with van der Waals surface area (Å²) in [5, 5.41) is 4.67. The third-order valence-electron chi connectivity index (χ3n) is 5.36. The summed E-state index contributed by atoms with van der Waals surface area (Å²) in [5.74, 6) is -0.811. The zero-order valence-electron chi connectivity index (χ0n) is 15.2. The van der Waals surface area contributed by atoms with E-state index >= 15 is 0 Å². The molecule has 2 aromatic carbocycles. The van der Waals surface area contributed by atoms with Crippen molar-refractivity contribution in [2.45, 2.75) is 12.3 Å². The number of hydrogen-bond donors (Lipinski definition) is 2. The zero-order chi connectivity index (χ0) is 19.7. The lowest BCUT2D eigenvalue weighted by Gasteiger charge is -2.20. The van der Waals surface area contributed by atoms with Gasteiger partial charge in [-0.2, -0.15) is 0 Å². The van der Waals surface area contributed by atoms with Crippen molar-refractivity contribution in [3.63, 3.8) is 0 Å². The quantitative estimate of drug-likeness (QED) is 0.668. The van der Waals surface area contributed by atoms with Crippen molar-refractivity contribution in [2.75, 3.05) is 18.1 Å². The van der Waals surface area contributed by atoms with Gasteiger partial charge in [0.1, 0.15) is 0 Å². The number of para-hydroxylation sites is 1. The fraction of sp³-hybridized carbons (Fsp3) is 0.286. The predicted octanol–water partition coefficient (Wildman–Crippen LogP) is 3.50. The molecule has 1 amide bonds. The predicted molar refractivity (Wildman–Crippen MR) is 111 cm³/mol. The highest BCUT2D eigenvalue weighted by Crippen LogP contribution is 2.34. The van der Waals surface area contributed by atoms with Gasteiger partial charge in [-0.1, -0.05) is 48.0 Å². The molecule has 0 spiro atoms. The maximum absolute atomic E-state index is 12.6. The van der Waals surface area contributed by atoms with Crippen molar-refractivity contribution >= 4 is 38.2 Å². The van der Waals surface area contributed by atoms with Crippen LogP contribution in [0.15, 0.2) is 54.7 Å². The van der Waals surface area contributed by atoms with Gasteiger partial charge in [0.25, 0.3) is 0 Å². The molecule has 1 fully saturated rings. The zero-order valence-corrected chi connectivity index (χ0v) is 16.8. The Morgan fingerprint density at radius 2 is 1.89 bits per heavy atom. The number of aromatic amines is 1. The maximum atomic E-state index is 12.6. The molecule has 2 N–H and O–H groups in total. The van der Waals surface area contributed by atoms with Crippen molar-refractivity contribution in [3.8, 4) is 0 Å². The Morgan fingerprint density at radius 1 is 1.14 bits per heavy atom. The van der Waals surface area contributed by atoms with Crippen LogP contribution in [0, 0.1) is 5.92 Å². The van der Waals surface area contributed by atoms with Gasteiger partial charge in [0.2, 0.25) is 5.91 Å². The summed E-state index contributed by atoms with van der Waals surface area (Å²) in [6, 6.07) is 15.6. The summed E-state index contributed by atoms with van der Waals surface area (Å²) in [6.07, 6.45) is 2.34. The lowest BCUT2D eigenvalue weighted by atomic mass is 9.90. The number of amides is 1. The molecule has 2 atom stereocenters. The van der Waals surface area contributed by atoms with E-state index in [1.807, 2.05) is 54.7 Å². The average Bonchev–Trinajstić information content (AvgIpc) is 3.26. The first-order valence-corrected chi connectivity index (χ1v) is 11.4. The minimum atomic E-state index is -3.10. The van der Waals surface area contributed by atoms with Crippen LogP contribution in [0.4, 0.5) is 0 Å². The average molecular weight is 417 g/mol. The van der Waals surface area contributed by atoms with Crippen molar-refractivity contribution in [1.29, 1.82) is 0 Å². The third kappa shape index (κ3) is 3.80. The second-order valence-corrected chi connectivity index (χ2v) is 9.84. The van der Waals surface area contributed by atoms with Gasteiger partial charge in [-0.3, -0.25) is 4.79 Å². The molecule has 0 aliphatic carbocycles. The lowest BCUT2D eigenvalue weighted by Crippen LogP contribution is -2.34. The topological polar surface area (TPSA) is 79.0 Å². The molecule has 0 saturated carbocycles. The van der Waals surface area contributed by atoms with Crippen LogP contribution in [-0.2, 0) is 14.6 Å². The van der Waals surface area contributed by atoms with Crippen molar-refractivity contribution in [2.24, 2.45) is 5.92 Å². The summed E-state index contributed by atoms with van der Waals surface area (Å²) in [5.41, 5.74) is 2.99. The van der Waals surface area contributed by atoms with Crippen LogP contribution in [0.25, 0.3) is 10.9 Å². The highest BCUT2D eigenvalue weighted by atomic mass is 35.5. The number of nitrogens with one attached hydrogen (secondary N) is 2. The highest BCUT2D eigenvalue weighted by Gasteiger charge is 2.33. The van der Waals surface area contributed by atoms with E-state index < -0.39 is 15.8 Å². The fourth-order valence-electron chi connectivity index (χ4n) is 3.88. The number of carbonyl (C=O) groups is 1. The van der Waals surface area contributed by atoms with Gasteiger partial charge in [0, 0.05) is 34.6 Å². The molecule has 5 nitrogen and oxygen atoms in total. The minimum absolute atomic E-state index is 0.0668. The molecule has 0 bridgehead atoms. The minimum Gasteiger partial charge on any atom is -0.361 e. The van der Waals surface area contributed by atoms with E-state index in [-0.39, 0.29) is 23.3 Å². The first-order chi connectivity index (χ1) is 13.4. The van der Waals surface area contributed by atoms with Crippen LogP contribution in [0.3, 0.4) is 0 Å². The SMILES string of the molecule is O=C(NC[C@@H](c1ccccc1Cl)c1c[nH]c2ccccc12)[C@@H]1CCS(=O)(=O)C1. The van der Waals surface area contributed by atoms with Crippen LogP contribution in [0.1, 0.15) is 23.5 Å². The van der Waals surface area contributed by atoms with Crippen LogP contribution < -0.4 is 5.32 Å². The number of benzene rings is 2. The third-order valence-corrected chi connectivity index (χ3v) is 7.47. The Balaban J connectivity index is 1.63. The molecule has 3 aromatic rings. The summed E-state index contributed by atoms with van der Waals surface area (Å²) in [6.45, 7) is 0.348. The molecule has 1 aliphatic rings. The maximum Gasteiger partial charge on any atom is 0.224 e. The van der Waals surface area contributed by atoms with Crippen LogP contribution >= 0.6 is 11.6 Å². The second-order valence-electron chi connectivity index (χ2n) is 7.21. The first kappa shape index (κ1) is 19.0. The monoisotopic (exact) mass is 416 g/mol. The number of rotatable bonds is 5. The molecule has 1 aliphatic heterocycles. The van der Waals surface area contributed by atoms with Gasteiger partial charge in [-0.25, -0.2) is 8.42 Å². The molecule has 1 aromatic heterocycles. The Hall–Kier alpha value is -2.31. The number of fused-ring (bicyclic) bond motifs is 1. The van der Waals surface area contributed by atoms with Crippen molar-refractivity contribution in [1.82, 2.24) is 10.3 Å². The number of hydrogen-bond acceptors (Lipinski definition) is 3. The largest absolute Gasteiger partial charge is 0.361 e. The van der Waals surface area contributed by atoms with Gasteiger partial charge >= 0.3 is 0 Å². The Labute approximate surface area is 169 Å². The fourth-order valence-corrected chi connectivity index (χ4v) is 5.89. The Kier molecular flexibility index (Phi) is 5.17. The van der Waals surface area contributed by atoms with E-state index in [9.17, 15) is 13.2 Å². The van der Waals surface area contributed by atoms with E-state index in [0.717, 1.165) is 22.0 Å². The highest BCUT2D eigenvalue weighted by molar-refractivity contribution is 7.91. The Morgan fingerprint density at radius 3 is 2.64 bits per heavy atom. The van der Waals surface area contributed by atoms with Crippen molar-refractivity contribution < 1.29 is 13.2 Å². The molecule has 0 unspecified atom stereocenters. The van der Waals surface area contributed by atoms with Crippen LogP contribution in [-0.4, -0.2) is 37.4 Å². The summed E-state index contributed by atoms with van der Waals surface area (Å²) in [7, 11) is -3.10. The molecule has 1 saturated heterocycles. The molecule has 28 heavy (non-hydrogen) atoms. The first-order valence-electron chi connectivity index (χ1n) is 9.23. The Bertz CT molecular complexity index is 1120. The van der Waals surface area contributed by atoms with Gasteiger partial charge in [0.05, 0.1) is 17.4 Å². The number of aromatic nitrogens is 1. The molecule has 146 valence electrons. The van der Waals surface area contributed by atoms with Gasteiger partial charge < -0.3 is 10.3 Å². The smallest absolute Gasteiger partial charge is 0.224 e. The van der Waals surface area contributed by atoms with Gasteiger partial charge in [-0.05, 0) is 29.7 Å². The molecule has 0 radical (unpaired) electrons. The molecule has 4 rings (SSSR count). The van der Waals surface area contributed by atoms with Crippen molar-refractivity contribution in [3.05, 3.63) is 70.9 Å². The van der Waals surface area contributed by atoms with Crippen LogP contribution in [0.2, 0.25) is 5.02 Å². The van der Waals surface area contributed by atoms with E-state index in [4.69, 9.17) is 11.6 Å². The summed E-state index contributed by atoms with van der Waals surface area (Å²) < 4.78 is 23.4. The number of carbonyl (C=O) groups excluding carboxylic acids is 1. The van der Waals surface area contributed by atoms with E-state index in [1.165, 1.54) is 0 Å². The molecule has 7 heteroatoms.